The highest BCUT2D eigenvalue weighted by atomic mass is 32.2. The van der Waals surface area contributed by atoms with E-state index in [1.165, 1.54) is 5.56 Å². The van der Waals surface area contributed by atoms with Gasteiger partial charge in [-0.05, 0) is 55.8 Å². The summed E-state index contributed by atoms with van der Waals surface area (Å²) in [7, 11) is 1.83. The molecule has 0 aliphatic rings. The molecule has 0 radical (unpaired) electrons. The second-order valence-electron chi connectivity index (χ2n) is 5.89. The molecule has 0 fully saturated rings. The molecule has 1 atom stereocenters. The summed E-state index contributed by atoms with van der Waals surface area (Å²) >= 11 is 1.58. The molecule has 1 aromatic carbocycles. The first-order valence-electron chi connectivity index (χ1n) is 8.03. The Hall–Kier alpha value is -1.85. The van der Waals surface area contributed by atoms with Gasteiger partial charge in [-0.25, -0.2) is 0 Å². The Morgan fingerprint density at radius 3 is 2.62 bits per heavy atom. The van der Waals surface area contributed by atoms with Gasteiger partial charge in [0.1, 0.15) is 0 Å². The lowest BCUT2D eigenvalue weighted by molar-refractivity contribution is 0.0743. The Kier molecular flexibility index (Phi) is 6.82. The Labute approximate surface area is 147 Å². The number of carbonyl (C=O) groups excluding carboxylic acids is 1. The Morgan fingerprint density at radius 2 is 2.00 bits per heavy atom. The van der Waals surface area contributed by atoms with E-state index in [2.05, 4.69) is 11.1 Å². The molecule has 4 nitrogen and oxygen atoms in total. The monoisotopic (exact) mass is 344 g/mol. The molecular formula is C19H24N2O2S. The van der Waals surface area contributed by atoms with Crippen LogP contribution in [-0.2, 0) is 6.42 Å². The fourth-order valence-electron chi connectivity index (χ4n) is 2.41. The van der Waals surface area contributed by atoms with Gasteiger partial charge in [0, 0.05) is 47.6 Å². The molecular weight excluding hydrogens is 320 g/mol. The van der Waals surface area contributed by atoms with Gasteiger partial charge in [-0.3, -0.25) is 9.78 Å². The van der Waals surface area contributed by atoms with E-state index in [0.29, 0.717) is 11.3 Å². The largest absolute Gasteiger partial charge is 0.396 e. The summed E-state index contributed by atoms with van der Waals surface area (Å²) in [5, 5.41) is 8.86. The number of rotatable bonds is 7. The Balaban J connectivity index is 2.00. The van der Waals surface area contributed by atoms with Crippen molar-refractivity contribution >= 4 is 17.7 Å². The minimum absolute atomic E-state index is 0.00820. The molecule has 0 unspecified atom stereocenters. The van der Waals surface area contributed by atoms with Gasteiger partial charge in [0.05, 0.1) is 6.61 Å². The van der Waals surface area contributed by atoms with Crippen LogP contribution in [0.15, 0.2) is 47.5 Å². The van der Waals surface area contributed by atoms with Gasteiger partial charge in [0.25, 0.3) is 5.91 Å². The van der Waals surface area contributed by atoms with Gasteiger partial charge in [-0.15, -0.1) is 11.8 Å². The highest BCUT2D eigenvalue weighted by Crippen LogP contribution is 2.19. The normalized spacial score (nSPS) is 12.0. The van der Waals surface area contributed by atoms with E-state index in [9.17, 15) is 4.79 Å². The highest BCUT2D eigenvalue weighted by molar-refractivity contribution is 7.99. The zero-order chi connectivity index (χ0) is 17.5. The van der Waals surface area contributed by atoms with Gasteiger partial charge < -0.3 is 10.0 Å². The molecule has 0 bridgehead atoms. The van der Waals surface area contributed by atoms with Gasteiger partial charge >= 0.3 is 0 Å². The highest BCUT2D eigenvalue weighted by Gasteiger charge is 2.18. The minimum atomic E-state index is 0.00820. The Bertz CT molecular complexity index is 673. The van der Waals surface area contributed by atoms with Gasteiger partial charge in [0.15, 0.2) is 0 Å². The summed E-state index contributed by atoms with van der Waals surface area (Å²) in [5.41, 5.74) is 2.85. The van der Waals surface area contributed by atoms with Crippen LogP contribution in [-0.4, -0.2) is 46.3 Å². The van der Waals surface area contributed by atoms with Gasteiger partial charge in [0.2, 0.25) is 0 Å². The number of aryl methyl sites for hydroxylation is 1. The maximum absolute atomic E-state index is 12.6. The summed E-state index contributed by atoms with van der Waals surface area (Å²) in [5.74, 6) is 0.669. The number of aliphatic hydroxyl groups is 1. The van der Waals surface area contributed by atoms with Crippen LogP contribution >= 0.6 is 11.8 Å². The van der Waals surface area contributed by atoms with E-state index < -0.39 is 0 Å². The molecule has 0 aliphatic carbocycles. The molecule has 2 aromatic rings. The molecule has 1 heterocycles. The number of benzene rings is 1. The van der Waals surface area contributed by atoms with E-state index in [0.717, 1.165) is 17.0 Å². The second kappa shape index (κ2) is 8.85. The van der Waals surface area contributed by atoms with Crippen molar-refractivity contribution in [3.05, 3.63) is 59.4 Å². The van der Waals surface area contributed by atoms with E-state index >= 15 is 0 Å². The molecule has 1 aromatic heterocycles. The van der Waals surface area contributed by atoms with Crippen molar-refractivity contribution in [2.24, 2.45) is 0 Å². The van der Waals surface area contributed by atoms with Crippen molar-refractivity contribution in [1.29, 1.82) is 0 Å². The fourth-order valence-corrected chi connectivity index (χ4v) is 3.07. The first kappa shape index (κ1) is 18.5. The van der Waals surface area contributed by atoms with Crippen LogP contribution in [0.2, 0.25) is 0 Å². The third-order valence-electron chi connectivity index (χ3n) is 3.92. The first-order valence-corrected chi connectivity index (χ1v) is 9.02. The van der Waals surface area contributed by atoms with Crippen LogP contribution in [0.1, 0.15) is 28.5 Å². The molecule has 2 rings (SSSR count). The van der Waals surface area contributed by atoms with Crippen LogP contribution < -0.4 is 0 Å². The quantitative estimate of drug-likeness (QED) is 0.784. The summed E-state index contributed by atoms with van der Waals surface area (Å²) in [6.45, 7) is 4.23. The van der Waals surface area contributed by atoms with Crippen LogP contribution in [0.4, 0.5) is 0 Å². The standard InChI is InChI=1S/C19H24N2O2S/c1-14-8-9-20-17(12-14)13-15(2)21(3)19(23)16-4-6-18(7-5-16)24-11-10-22/h4-9,12,15,22H,10-11,13H2,1-3H3/t15-/m0/s1. The number of likely N-dealkylation sites (N-methyl/N-ethyl adjacent to an activating group) is 1. The number of pyridine rings is 1. The maximum atomic E-state index is 12.6. The average molecular weight is 344 g/mol. The van der Waals surface area contributed by atoms with Crippen molar-refractivity contribution in [2.75, 3.05) is 19.4 Å². The van der Waals surface area contributed by atoms with Crippen molar-refractivity contribution in [2.45, 2.75) is 31.2 Å². The topological polar surface area (TPSA) is 53.4 Å². The minimum Gasteiger partial charge on any atom is -0.396 e. The van der Waals surface area contributed by atoms with E-state index in [4.69, 9.17) is 5.11 Å². The second-order valence-corrected chi connectivity index (χ2v) is 7.06. The fraction of sp³-hybridized carbons (Fsp3) is 0.368. The Morgan fingerprint density at radius 1 is 1.29 bits per heavy atom. The number of hydrogen-bond donors (Lipinski definition) is 1. The number of nitrogens with zero attached hydrogens (tertiary/aromatic N) is 2. The van der Waals surface area contributed by atoms with E-state index in [1.54, 1.807) is 16.7 Å². The molecule has 128 valence electrons. The average Bonchev–Trinajstić information content (AvgIpc) is 2.59. The number of amides is 1. The molecule has 0 aliphatic heterocycles. The van der Waals surface area contributed by atoms with E-state index in [1.807, 2.05) is 57.4 Å². The first-order chi connectivity index (χ1) is 11.5. The predicted octanol–water partition coefficient (Wildman–Crippen LogP) is 3.18. The lowest BCUT2D eigenvalue weighted by Gasteiger charge is -2.25. The number of aliphatic hydroxyl groups excluding tert-OH is 1. The molecule has 1 amide bonds. The smallest absolute Gasteiger partial charge is 0.253 e. The molecule has 1 N–H and O–H groups in total. The molecule has 0 saturated heterocycles. The van der Waals surface area contributed by atoms with Crippen LogP contribution in [0.3, 0.4) is 0 Å². The molecule has 0 saturated carbocycles. The third-order valence-corrected chi connectivity index (χ3v) is 4.91. The van der Waals surface area contributed by atoms with E-state index in [-0.39, 0.29) is 18.6 Å². The SMILES string of the molecule is Cc1ccnc(C[C@H](C)N(C)C(=O)c2ccc(SCCO)cc2)c1. The molecule has 24 heavy (non-hydrogen) atoms. The third kappa shape index (κ3) is 5.08. The maximum Gasteiger partial charge on any atom is 0.253 e. The van der Waals surface area contributed by atoms with Crippen molar-refractivity contribution in [3.63, 3.8) is 0 Å². The van der Waals surface area contributed by atoms with Crippen LogP contribution in [0, 0.1) is 6.92 Å². The van der Waals surface area contributed by atoms with Crippen molar-refractivity contribution in [1.82, 2.24) is 9.88 Å². The van der Waals surface area contributed by atoms with Crippen molar-refractivity contribution in [3.8, 4) is 0 Å². The van der Waals surface area contributed by atoms with Gasteiger partial charge in [-0.1, -0.05) is 0 Å². The molecule has 0 spiro atoms. The number of carbonyl (C=O) groups is 1. The summed E-state index contributed by atoms with van der Waals surface area (Å²) < 4.78 is 0. The predicted molar refractivity (Wildman–Crippen MR) is 98.5 cm³/mol. The lowest BCUT2D eigenvalue weighted by Crippen LogP contribution is -2.36. The summed E-state index contributed by atoms with van der Waals surface area (Å²) in [6.07, 6.45) is 2.54. The summed E-state index contributed by atoms with van der Waals surface area (Å²) in [6, 6.07) is 11.6. The zero-order valence-corrected chi connectivity index (χ0v) is 15.2. The number of aromatic nitrogens is 1. The van der Waals surface area contributed by atoms with Crippen LogP contribution in [0.25, 0.3) is 0 Å². The zero-order valence-electron chi connectivity index (χ0n) is 14.4. The van der Waals surface area contributed by atoms with Gasteiger partial charge in [-0.2, -0.15) is 0 Å². The number of thioether (sulfide) groups is 1. The van der Waals surface area contributed by atoms with Crippen LogP contribution in [0.5, 0.6) is 0 Å². The lowest BCUT2D eigenvalue weighted by atomic mass is 10.1. The number of hydrogen-bond acceptors (Lipinski definition) is 4. The summed E-state index contributed by atoms with van der Waals surface area (Å²) in [4.78, 5) is 19.8. The van der Waals surface area contributed by atoms with Crippen molar-refractivity contribution < 1.29 is 9.90 Å². The molecule has 5 heteroatoms.